The number of rotatable bonds is 6. The Hall–Kier alpha value is -6.65. The Kier molecular flexibility index (Phi) is 7.10. The van der Waals surface area contributed by atoms with Crippen LogP contribution in [0, 0.1) is 0 Å². The normalized spacial score (nSPS) is 11.3. The molecule has 0 bridgehead atoms. The molecule has 0 N–H and O–H groups in total. The van der Waals surface area contributed by atoms with E-state index in [4.69, 9.17) is 19.4 Å². The van der Waals surface area contributed by atoms with Crippen molar-refractivity contribution in [3.8, 4) is 67.5 Å². The van der Waals surface area contributed by atoms with Gasteiger partial charge >= 0.3 is 0 Å². The van der Waals surface area contributed by atoms with Crippen molar-refractivity contribution in [3.05, 3.63) is 176 Å². The van der Waals surface area contributed by atoms with Crippen molar-refractivity contribution in [2.45, 2.75) is 0 Å². The molecule has 0 unspecified atom stereocenters. The van der Waals surface area contributed by atoms with Gasteiger partial charge in [0, 0.05) is 27.5 Å². The molecule has 0 radical (unpaired) electrons. The summed E-state index contributed by atoms with van der Waals surface area (Å²) in [5, 5.41) is 2.21. The van der Waals surface area contributed by atoms with Gasteiger partial charge in [0.1, 0.15) is 11.2 Å². The van der Waals surface area contributed by atoms with E-state index in [1.165, 1.54) is 5.56 Å². The lowest BCUT2D eigenvalue weighted by molar-refractivity contribution is 0.669. The number of nitrogens with zero attached hydrogens (tertiary/aromatic N) is 3. The number of fused-ring (bicyclic) bond motifs is 3. The molecule has 0 fully saturated rings. The van der Waals surface area contributed by atoms with Gasteiger partial charge < -0.3 is 4.42 Å². The molecular formula is C45H29N3O. The smallest absolute Gasteiger partial charge is 0.164 e. The number of furan rings is 1. The Morgan fingerprint density at radius 1 is 0.265 bits per heavy atom. The predicted octanol–water partition coefficient (Wildman–Crippen LogP) is 11.8. The summed E-state index contributed by atoms with van der Waals surface area (Å²) in [7, 11) is 0. The highest BCUT2D eigenvalue weighted by molar-refractivity contribution is 6.06. The monoisotopic (exact) mass is 627 g/mol. The second-order valence-electron chi connectivity index (χ2n) is 12.1. The molecule has 0 aliphatic heterocycles. The van der Waals surface area contributed by atoms with E-state index in [2.05, 4.69) is 91.0 Å². The standard InChI is InChI=1S/C45H29N3O/c1-4-13-30(14-5-1)33-19-12-20-34(25-33)36-26-37(35-23-24-40-39-21-10-11-22-41(39)49-42(40)29-35)28-38(27-36)45-47-43(31-15-6-2-7-16-31)46-44(48-45)32-17-8-3-9-18-32/h1-29H. The van der Waals surface area contributed by atoms with E-state index < -0.39 is 0 Å². The SMILES string of the molecule is c1ccc(-c2cccc(-c3cc(-c4ccc5c(c4)oc4ccccc45)cc(-c4nc(-c5ccccc5)nc(-c5ccccc5)n4)c3)c2)cc1. The first kappa shape index (κ1) is 28.6. The molecule has 0 spiro atoms. The number of hydrogen-bond donors (Lipinski definition) is 0. The van der Waals surface area contributed by atoms with E-state index in [9.17, 15) is 0 Å². The van der Waals surface area contributed by atoms with E-state index in [0.29, 0.717) is 17.5 Å². The van der Waals surface area contributed by atoms with Gasteiger partial charge in [0.2, 0.25) is 0 Å². The van der Waals surface area contributed by atoms with E-state index in [0.717, 1.165) is 66.4 Å². The molecule has 9 rings (SSSR count). The van der Waals surface area contributed by atoms with E-state index in [-0.39, 0.29) is 0 Å². The van der Waals surface area contributed by atoms with Gasteiger partial charge in [-0.3, -0.25) is 0 Å². The molecule has 0 aliphatic carbocycles. The summed E-state index contributed by atoms with van der Waals surface area (Å²) in [6.07, 6.45) is 0. The minimum Gasteiger partial charge on any atom is -0.456 e. The topological polar surface area (TPSA) is 51.8 Å². The first-order chi connectivity index (χ1) is 24.2. The first-order valence-corrected chi connectivity index (χ1v) is 16.4. The molecule has 4 heteroatoms. The van der Waals surface area contributed by atoms with Crippen molar-refractivity contribution in [3.63, 3.8) is 0 Å². The zero-order valence-electron chi connectivity index (χ0n) is 26.5. The molecule has 9 aromatic rings. The molecule has 7 aromatic carbocycles. The van der Waals surface area contributed by atoms with Crippen molar-refractivity contribution in [2.24, 2.45) is 0 Å². The van der Waals surface area contributed by atoms with Gasteiger partial charge in [-0.1, -0.05) is 133 Å². The van der Waals surface area contributed by atoms with Crippen molar-refractivity contribution in [2.75, 3.05) is 0 Å². The molecule has 49 heavy (non-hydrogen) atoms. The lowest BCUT2D eigenvalue weighted by Gasteiger charge is -2.13. The predicted molar refractivity (Wildman–Crippen MR) is 200 cm³/mol. The summed E-state index contributed by atoms with van der Waals surface area (Å²) < 4.78 is 6.31. The Labute approximate surface area is 284 Å². The van der Waals surface area contributed by atoms with Crippen LogP contribution in [0.25, 0.3) is 89.5 Å². The van der Waals surface area contributed by atoms with Crippen LogP contribution in [-0.2, 0) is 0 Å². The maximum atomic E-state index is 6.31. The largest absolute Gasteiger partial charge is 0.456 e. The third-order valence-corrected chi connectivity index (χ3v) is 8.91. The highest BCUT2D eigenvalue weighted by atomic mass is 16.3. The Balaban J connectivity index is 1.26. The fourth-order valence-electron chi connectivity index (χ4n) is 6.44. The number of hydrogen-bond acceptors (Lipinski definition) is 4. The van der Waals surface area contributed by atoms with Gasteiger partial charge in [-0.15, -0.1) is 0 Å². The van der Waals surface area contributed by atoms with Crippen molar-refractivity contribution >= 4 is 21.9 Å². The molecule has 0 saturated carbocycles. The fourth-order valence-corrected chi connectivity index (χ4v) is 6.44. The average molecular weight is 628 g/mol. The molecule has 2 heterocycles. The average Bonchev–Trinajstić information content (AvgIpc) is 3.57. The van der Waals surface area contributed by atoms with Crippen LogP contribution in [0.4, 0.5) is 0 Å². The molecule has 0 atom stereocenters. The lowest BCUT2D eigenvalue weighted by Crippen LogP contribution is -2.00. The van der Waals surface area contributed by atoms with E-state index in [1.807, 2.05) is 84.9 Å². The summed E-state index contributed by atoms with van der Waals surface area (Å²) in [4.78, 5) is 15.1. The second kappa shape index (κ2) is 12.2. The molecule has 0 amide bonds. The minimum absolute atomic E-state index is 0.611. The van der Waals surface area contributed by atoms with Crippen LogP contribution in [0.2, 0.25) is 0 Å². The zero-order valence-corrected chi connectivity index (χ0v) is 26.5. The summed E-state index contributed by atoms with van der Waals surface area (Å²) >= 11 is 0. The quantitative estimate of drug-likeness (QED) is 0.184. The van der Waals surface area contributed by atoms with E-state index >= 15 is 0 Å². The molecular weight excluding hydrogens is 599 g/mol. The molecule has 0 saturated heterocycles. The maximum absolute atomic E-state index is 6.31. The highest BCUT2D eigenvalue weighted by Gasteiger charge is 2.16. The molecule has 4 nitrogen and oxygen atoms in total. The summed E-state index contributed by atoms with van der Waals surface area (Å²) in [6.45, 7) is 0. The number of aromatic nitrogens is 3. The van der Waals surface area contributed by atoms with Gasteiger partial charge in [-0.05, 0) is 75.8 Å². The summed E-state index contributed by atoms with van der Waals surface area (Å²) in [5.41, 5.74) is 11.1. The maximum Gasteiger partial charge on any atom is 0.164 e. The third-order valence-electron chi connectivity index (χ3n) is 8.91. The van der Waals surface area contributed by atoms with Crippen LogP contribution in [0.15, 0.2) is 180 Å². The van der Waals surface area contributed by atoms with Crippen LogP contribution < -0.4 is 0 Å². The van der Waals surface area contributed by atoms with Crippen LogP contribution in [0.1, 0.15) is 0 Å². The lowest BCUT2D eigenvalue weighted by atomic mass is 9.93. The van der Waals surface area contributed by atoms with Gasteiger partial charge in [0.05, 0.1) is 0 Å². The Bertz CT molecular complexity index is 2540. The van der Waals surface area contributed by atoms with Crippen LogP contribution in [-0.4, -0.2) is 15.0 Å². The summed E-state index contributed by atoms with van der Waals surface area (Å²) in [5.74, 6) is 1.87. The molecule has 230 valence electrons. The van der Waals surface area contributed by atoms with Crippen molar-refractivity contribution < 1.29 is 4.42 Å². The van der Waals surface area contributed by atoms with Gasteiger partial charge in [0.25, 0.3) is 0 Å². The van der Waals surface area contributed by atoms with Crippen molar-refractivity contribution in [1.29, 1.82) is 0 Å². The molecule has 2 aromatic heterocycles. The number of benzene rings is 7. The Morgan fingerprint density at radius 3 is 1.33 bits per heavy atom. The minimum atomic E-state index is 0.611. The van der Waals surface area contributed by atoms with Crippen molar-refractivity contribution in [1.82, 2.24) is 15.0 Å². The Morgan fingerprint density at radius 2 is 0.694 bits per heavy atom. The van der Waals surface area contributed by atoms with Gasteiger partial charge in [-0.2, -0.15) is 0 Å². The summed E-state index contributed by atoms with van der Waals surface area (Å²) in [6, 6.07) is 60.6. The fraction of sp³-hybridized carbons (Fsp3) is 0. The van der Waals surface area contributed by atoms with E-state index in [1.54, 1.807) is 0 Å². The molecule has 0 aliphatic rings. The zero-order chi connectivity index (χ0) is 32.6. The van der Waals surface area contributed by atoms with Gasteiger partial charge in [-0.25, -0.2) is 15.0 Å². The second-order valence-corrected chi connectivity index (χ2v) is 12.1. The first-order valence-electron chi connectivity index (χ1n) is 16.4. The van der Waals surface area contributed by atoms with Crippen LogP contribution >= 0.6 is 0 Å². The van der Waals surface area contributed by atoms with Crippen LogP contribution in [0.3, 0.4) is 0 Å². The highest BCUT2D eigenvalue weighted by Crippen LogP contribution is 2.37. The van der Waals surface area contributed by atoms with Gasteiger partial charge in [0.15, 0.2) is 17.5 Å². The third kappa shape index (κ3) is 5.56. The van der Waals surface area contributed by atoms with Crippen LogP contribution in [0.5, 0.6) is 0 Å². The number of para-hydroxylation sites is 1.